The van der Waals surface area contributed by atoms with E-state index in [1.54, 1.807) is 48.8 Å². The Bertz CT molecular complexity index is 652. The number of aromatic nitrogens is 1. The van der Waals surface area contributed by atoms with Crippen LogP contribution in [0.5, 0.6) is 0 Å². The Labute approximate surface area is 121 Å². The summed E-state index contributed by atoms with van der Waals surface area (Å²) in [5, 5.41) is 13.8. The van der Waals surface area contributed by atoms with Crippen molar-refractivity contribution in [1.82, 2.24) is 4.98 Å². The van der Waals surface area contributed by atoms with E-state index in [1.807, 2.05) is 0 Å². The number of nitrogens with zero attached hydrogens (tertiary/aromatic N) is 1. The minimum absolute atomic E-state index is 0.378. The molecule has 0 atom stereocenters. The number of urea groups is 1. The maximum atomic E-state index is 11.7. The second kappa shape index (κ2) is 6.85. The van der Waals surface area contributed by atoms with Crippen molar-refractivity contribution < 1.29 is 14.7 Å². The molecule has 0 saturated heterocycles. The van der Waals surface area contributed by atoms with Gasteiger partial charge in [0.25, 0.3) is 0 Å². The topological polar surface area (TPSA) is 91.3 Å². The molecular formula is C15H13N3O3. The fourth-order valence-electron chi connectivity index (χ4n) is 1.58. The van der Waals surface area contributed by atoms with E-state index < -0.39 is 5.97 Å². The molecule has 0 bridgehead atoms. The first-order valence-corrected chi connectivity index (χ1v) is 6.12. The minimum Gasteiger partial charge on any atom is -0.478 e. The van der Waals surface area contributed by atoms with Crippen molar-refractivity contribution in [2.45, 2.75) is 0 Å². The van der Waals surface area contributed by atoms with E-state index in [2.05, 4.69) is 15.6 Å². The van der Waals surface area contributed by atoms with Gasteiger partial charge in [0.15, 0.2) is 0 Å². The number of anilines is 2. The van der Waals surface area contributed by atoms with Crippen LogP contribution in [-0.4, -0.2) is 22.1 Å². The number of aliphatic carboxylic acids is 1. The Morgan fingerprint density at radius 2 is 1.76 bits per heavy atom. The number of carboxylic acid groups (broad SMARTS) is 1. The summed E-state index contributed by atoms with van der Waals surface area (Å²) in [6, 6.07) is 9.86. The van der Waals surface area contributed by atoms with Gasteiger partial charge in [-0.05, 0) is 35.9 Å². The zero-order valence-corrected chi connectivity index (χ0v) is 11.0. The van der Waals surface area contributed by atoms with Crippen molar-refractivity contribution in [1.29, 1.82) is 0 Å². The summed E-state index contributed by atoms with van der Waals surface area (Å²) in [4.78, 5) is 26.0. The average Bonchev–Trinajstić information content (AvgIpc) is 2.47. The molecule has 6 nitrogen and oxygen atoms in total. The molecule has 1 heterocycles. The zero-order valence-electron chi connectivity index (χ0n) is 11.0. The van der Waals surface area contributed by atoms with Crippen LogP contribution in [0.15, 0.2) is 54.9 Å². The predicted octanol–water partition coefficient (Wildman–Crippen LogP) is 2.82. The molecule has 0 aliphatic carbocycles. The van der Waals surface area contributed by atoms with Crippen molar-refractivity contribution >= 4 is 29.5 Å². The van der Waals surface area contributed by atoms with Crippen LogP contribution in [0.3, 0.4) is 0 Å². The van der Waals surface area contributed by atoms with Gasteiger partial charge < -0.3 is 15.7 Å². The van der Waals surface area contributed by atoms with Gasteiger partial charge in [-0.25, -0.2) is 9.59 Å². The van der Waals surface area contributed by atoms with Gasteiger partial charge in [-0.2, -0.15) is 0 Å². The summed E-state index contributed by atoms with van der Waals surface area (Å²) in [5.41, 5.74) is 1.93. The Morgan fingerprint density at radius 1 is 1.05 bits per heavy atom. The SMILES string of the molecule is O=C(O)C=Cc1ccc(NC(=O)Nc2cccnc2)cc1. The Hall–Kier alpha value is -3.15. The summed E-state index contributed by atoms with van der Waals surface area (Å²) in [7, 11) is 0. The predicted molar refractivity (Wildman–Crippen MR) is 80.0 cm³/mol. The van der Waals surface area contributed by atoms with E-state index in [-0.39, 0.29) is 6.03 Å². The lowest BCUT2D eigenvalue weighted by Crippen LogP contribution is -2.19. The lowest BCUT2D eigenvalue weighted by atomic mass is 10.2. The molecule has 2 rings (SSSR count). The van der Waals surface area contributed by atoms with Crippen molar-refractivity contribution in [2.24, 2.45) is 0 Å². The van der Waals surface area contributed by atoms with Crippen LogP contribution in [0.4, 0.5) is 16.2 Å². The highest BCUT2D eigenvalue weighted by Crippen LogP contribution is 2.11. The number of carbonyl (C=O) groups is 2. The van der Waals surface area contributed by atoms with E-state index in [9.17, 15) is 9.59 Å². The molecule has 2 aromatic rings. The molecule has 3 N–H and O–H groups in total. The molecule has 0 unspecified atom stereocenters. The number of pyridine rings is 1. The van der Waals surface area contributed by atoms with Crippen LogP contribution in [0.1, 0.15) is 5.56 Å². The highest BCUT2D eigenvalue weighted by Gasteiger charge is 2.02. The lowest BCUT2D eigenvalue weighted by Gasteiger charge is -2.07. The molecule has 0 saturated carbocycles. The molecule has 1 aromatic heterocycles. The first-order chi connectivity index (χ1) is 10.1. The van der Waals surface area contributed by atoms with Crippen LogP contribution in [-0.2, 0) is 4.79 Å². The third-order valence-corrected chi connectivity index (χ3v) is 2.51. The number of amides is 2. The highest BCUT2D eigenvalue weighted by atomic mass is 16.4. The van der Waals surface area contributed by atoms with Gasteiger partial charge in [0.1, 0.15) is 0 Å². The van der Waals surface area contributed by atoms with Gasteiger partial charge in [0.05, 0.1) is 11.9 Å². The summed E-state index contributed by atoms with van der Waals surface area (Å²) in [5.74, 6) is -1.01. The highest BCUT2D eigenvalue weighted by molar-refractivity contribution is 5.99. The number of hydrogen-bond acceptors (Lipinski definition) is 3. The normalized spacial score (nSPS) is 10.3. The Balaban J connectivity index is 1.94. The molecule has 2 amide bonds. The molecule has 6 heteroatoms. The summed E-state index contributed by atoms with van der Waals surface area (Å²) >= 11 is 0. The van der Waals surface area contributed by atoms with Crippen LogP contribution in [0.25, 0.3) is 6.08 Å². The number of nitrogens with one attached hydrogen (secondary N) is 2. The van der Waals surface area contributed by atoms with E-state index >= 15 is 0 Å². The molecule has 21 heavy (non-hydrogen) atoms. The first-order valence-electron chi connectivity index (χ1n) is 6.12. The molecule has 0 radical (unpaired) electrons. The maximum Gasteiger partial charge on any atom is 0.328 e. The fraction of sp³-hybridized carbons (Fsp3) is 0. The standard InChI is InChI=1S/C15H13N3O3/c19-14(20)8-5-11-3-6-12(7-4-11)17-15(21)18-13-2-1-9-16-10-13/h1-10H,(H,19,20)(H2,17,18,21). The third-order valence-electron chi connectivity index (χ3n) is 2.51. The first kappa shape index (κ1) is 14.3. The van der Waals surface area contributed by atoms with Gasteiger partial charge in [-0.15, -0.1) is 0 Å². The number of benzene rings is 1. The summed E-state index contributed by atoms with van der Waals surface area (Å²) < 4.78 is 0. The fourth-order valence-corrected chi connectivity index (χ4v) is 1.58. The van der Waals surface area contributed by atoms with E-state index in [0.717, 1.165) is 11.6 Å². The van der Waals surface area contributed by atoms with E-state index in [4.69, 9.17) is 5.11 Å². The van der Waals surface area contributed by atoms with Crippen LogP contribution in [0.2, 0.25) is 0 Å². The average molecular weight is 283 g/mol. The van der Waals surface area contributed by atoms with Gasteiger partial charge >= 0.3 is 12.0 Å². The molecule has 0 aliphatic rings. The third kappa shape index (κ3) is 4.79. The second-order valence-electron chi connectivity index (χ2n) is 4.11. The van der Waals surface area contributed by atoms with Crippen molar-refractivity contribution in [2.75, 3.05) is 10.6 Å². The summed E-state index contributed by atoms with van der Waals surface area (Å²) in [6.07, 6.45) is 5.69. The van der Waals surface area contributed by atoms with E-state index in [1.165, 1.54) is 6.08 Å². The van der Waals surface area contributed by atoms with Gasteiger partial charge in [-0.1, -0.05) is 12.1 Å². The number of carboxylic acids is 1. The minimum atomic E-state index is -1.01. The van der Waals surface area contributed by atoms with Crippen molar-refractivity contribution in [3.63, 3.8) is 0 Å². The Kier molecular flexibility index (Phi) is 4.66. The molecule has 0 fully saturated rings. The molecule has 0 spiro atoms. The van der Waals surface area contributed by atoms with E-state index in [0.29, 0.717) is 11.4 Å². The molecule has 1 aromatic carbocycles. The van der Waals surface area contributed by atoms with Crippen LogP contribution < -0.4 is 10.6 Å². The Morgan fingerprint density at radius 3 is 2.38 bits per heavy atom. The van der Waals surface area contributed by atoms with Crippen LogP contribution in [0, 0.1) is 0 Å². The largest absolute Gasteiger partial charge is 0.478 e. The lowest BCUT2D eigenvalue weighted by molar-refractivity contribution is -0.131. The van der Waals surface area contributed by atoms with Crippen LogP contribution >= 0.6 is 0 Å². The van der Waals surface area contributed by atoms with Gasteiger partial charge in [-0.3, -0.25) is 4.98 Å². The molecule has 106 valence electrons. The molecule has 0 aliphatic heterocycles. The number of hydrogen-bond donors (Lipinski definition) is 3. The monoisotopic (exact) mass is 283 g/mol. The molecular weight excluding hydrogens is 270 g/mol. The van der Waals surface area contributed by atoms with Crippen molar-refractivity contribution in [3.8, 4) is 0 Å². The number of carbonyl (C=O) groups excluding carboxylic acids is 1. The number of rotatable bonds is 4. The second-order valence-corrected chi connectivity index (χ2v) is 4.11. The zero-order chi connectivity index (χ0) is 15.1. The summed E-state index contributed by atoms with van der Waals surface area (Å²) in [6.45, 7) is 0. The quantitative estimate of drug-likeness (QED) is 0.752. The smallest absolute Gasteiger partial charge is 0.328 e. The van der Waals surface area contributed by atoms with Gasteiger partial charge in [0.2, 0.25) is 0 Å². The maximum absolute atomic E-state index is 11.7. The van der Waals surface area contributed by atoms with Crippen molar-refractivity contribution in [3.05, 3.63) is 60.4 Å². The van der Waals surface area contributed by atoms with Gasteiger partial charge in [0, 0.05) is 18.0 Å².